The first-order chi connectivity index (χ1) is 16.7. The Balaban J connectivity index is 1.48. The molecule has 34 heavy (non-hydrogen) atoms. The predicted octanol–water partition coefficient (Wildman–Crippen LogP) is 5.68. The Hall–Kier alpha value is -2.42. The summed E-state index contributed by atoms with van der Waals surface area (Å²) in [6, 6.07) is 29.1. The van der Waals surface area contributed by atoms with E-state index < -0.39 is 0 Å². The van der Waals surface area contributed by atoms with Gasteiger partial charge in [-0.15, -0.1) is 0 Å². The summed E-state index contributed by atoms with van der Waals surface area (Å²) in [5, 5.41) is 3.11. The van der Waals surface area contributed by atoms with Crippen LogP contribution in [0.2, 0.25) is 0 Å². The van der Waals surface area contributed by atoms with Crippen molar-refractivity contribution in [3.05, 3.63) is 99.6 Å². The van der Waals surface area contributed by atoms with E-state index in [9.17, 15) is 4.79 Å². The Morgan fingerprint density at radius 2 is 1.56 bits per heavy atom. The van der Waals surface area contributed by atoms with Crippen LogP contribution in [-0.4, -0.2) is 61.8 Å². The molecule has 1 aliphatic heterocycles. The summed E-state index contributed by atoms with van der Waals surface area (Å²) in [7, 11) is 0. The second-order valence-corrected chi connectivity index (χ2v) is 9.79. The van der Waals surface area contributed by atoms with E-state index >= 15 is 0 Å². The van der Waals surface area contributed by atoms with Crippen molar-refractivity contribution in [1.82, 2.24) is 9.80 Å². The molecular formula is C28H32IN3O2. The lowest BCUT2D eigenvalue weighted by Gasteiger charge is -2.31. The van der Waals surface area contributed by atoms with Gasteiger partial charge in [0, 0.05) is 47.9 Å². The van der Waals surface area contributed by atoms with E-state index in [-0.39, 0.29) is 11.9 Å². The highest BCUT2D eigenvalue weighted by Gasteiger charge is 2.20. The summed E-state index contributed by atoms with van der Waals surface area (Å²) in [4.78, 5) is 17.7. The third-order valence-corrected chi connectivity index (χ3v) is 6.92. The zero-order valence-electron chi connectivity index (χ0n) is 19.4. The first-order valence-corrected chi connectivity index (χ1v) is 13.0. The highest BCUT2D eigenvalue weighted by molar-refractivity contribution is 14.1. The maximum Gasteiger partial charge on any atom is 0.321 e. The quantitative estimate of drug-likeness (QED) is 0.338. The van der Waals surface area contributed by atoms with Gasteiger partial charge in [-0.1, -0.05) is 66.7 Å². The van der Waals surface area contributed by atoms with Gasteiger partial charge in [-0.25, -0.2) is 4.79 Å². The van der Waals surface area contributed by atoms with Crippen LogP contribution >= 0.6 is 22.6 Å². The number of nitrogens with zero attached hydrogens (tertiary/aromatic N) is 2. The number of amides is 2. The number of halogens is 1. The van der Waals surface area contributed by atoms with Gasteiger partial charge in [-0.2, -0.15) is 0 Å². The lowest BCUT2D eigenvalue weighted by atomic mass is 9.88. The van der Waals surface area contributed by atoms with Crippen molar-refractivity contribution in [3.63, 3.8) is 0 Å². The standard InChI is InChI=1S/C28H32IN3O2/c29-25-12-7-13-26(22-25)30-28(33)32(17-16-31-18-20-34-21-19-31)15-14-27(23-8-3-1-4-9-23)24-10-5-2-6-11-24/h1-13,22,27H,14-21H2,(H,30,33). The summed E-state index contributed by atoms with van der Waals surface area (Å²) in [5.41, 5.74) is 3.38. The maximum absolute atomic E-state index is 13.4. The monoisotopic (exact) mass is 569 g/mol. The van der Waals surface area contributed by atoms with Crippen molar-refractivity contribution in [1.29, 1.82) is 0 Å². The minimum absolute atomic E-state index is 0.0462. The average molecular weight is 569 g/mol. The van der Waals surface area contributed by atoms with Crippen LogP contribution < -0.4 is 5.32 Å². The largest absolute Gasteiger partial charge is 0.379 e. The Morgan fingerprint density at radius 1 is 0.912 bits per heavy atom. The lowest BCUT2D eigenvalue weighted by molar-refractivity contribution is 0.0351. The van der Waals surface area contributed by atoms with Gasteiger partial charge in [0.25, 0.3) is 0 Å². The zero-order valence-corrected chi connectivity index (χ0v) is 21.6. The first-order valence-electron chi connectivity index (χ1n) is 11.9. The molecule has 0 aromatic heterocycles. The normalized spacial score (nSPS) is 14.2. The number of ether oxygens (including phenoxy) is 1. The van der Waals surface area contributed by atoms with E-state index in [0.29, 0.717) is 13.1 Å². The number of rotatable bonds is 9. The number of nitrogens with one attached hydrogen (secondary N) is 1. The number of hydrogen-bond acceptors (Lipinski definition) is 3. The SMILES string of the molecule is O=C(Nc1cccc(I)c1)N(CCC(c1ccccc1)c1ccccc1)CCN1CCOCC1. The summed E-state index contributed by atoms with van der Waals surface area (Å²) in [6.45, 7) is 5.58. The van der Waals surface area contributed by atoms with E-state index in [1.165, 1.54) is 11.1 Å². The fraction of sp³-hybridized carbons (Fsp3) is 0.321. The molecule has 2 amide bonds. The molecule has 1 N–H and O–H groups in total. The molecule has 0 bridgehead atoms. The molecule has 1 heterocycles. The van der Waals surface area contributed by atoms with Crippen LogP contribution in [0.1, 0.15) is 23.5 Å². The number of benzene rings is 3. The molecule has 0 aliphatic carbocycles. The second-order valence-electron chi connectivity index (χ2n) is 8.54. The van der Waals surface area contributed by atoms with Crippen molar-refractivity contribution in [2.75, 3.05) is 51.3 Å². The van der Waals surface area contributed by atoms with Crippen molar-refractivity contribution >= 4 is 34.3 Å². The van der Waals surface area contributed by atoms with Gasteiger partial charge >= 0.3 is 6.03 Å². The highest BCUT2D eigenvalue weighted by atomic mass is 127. The molecule has 0 unspecified atom stereocenters. The highest BCUT2D eigenvalue weighted by Crippen LogP contribution is 2.28. The fourth-order valence-corrected chi connectivity index (χ4v) is 4.90. The minimum Gasteiger partial charge on any atom is -0.379 e. The Bertz CT molecular complexity index is 987. The van der Waals surface area contributed by atoms with Crippen molar-refractivity contribution < 1.29 is 9.53 Å². The second kappa shape index (κ2) is 12.9. The molecule has 4 rings (SSSR count). The topological polar surface area (TPSA) is 44.8 Å². The molecule has 3 aromatic carbocycles. The molecule has 1 fully saturated rings. The summed E-state index contributed by atoms with van der Waals surface area (Å²) >= 11 is 2.27. The molecule has 0 radical (unpaired) electrons. The van der Waals surface area contributed by atoms with E-state index in [4.69, 9.17) is 4.74 Å². The number of carbonyl (C=O) groups excluding carboxylic acids is 1. The van der Waals surface area contributed by atoms with Gasteiger partial charge in [-0.3, -0.25) is 4.90 Å². The molecule has 178 valence electrons. The Labute approximate surface area is 216 Å². The maximum atomic E-state index is 13.4. The average Bonchev–Trinajstić information content (AvgIpc) is 2.88. The van der Waals surface area contributed by atoms with Crippen LogP contribution in [0.4, 0.5) is 10.5 Å². The number of morpholine rings is 1. The van der Waals surface area contributed by atoms with Gasteiger partial charge < -0.3 is 15.0 Å². The molecule has 6 heteroatoms. The predicted molar refractivity (Wildman–Crippen MR) is 146 cm³/mol. The number of anilines is 1. The van der Waals surface area contributed by atoms with Gasteiger partial charge in [-0.05, 0) is 58.3 Å². The van der Waals surface area contributed by atoms with Gasteiger partial charge in [0.05, 0.1) is 13.2 Å². The van der Waals surface area contributed by atoms with Crippen LogP contribution in [0.5, 0.6) is 0 Å². The van der Waals surface area contributed by atoms with Crippen molar-refractivity contribution in [3.8, 4) is 0 Å². The third kappa shape index (κ3) is 7.29. The van der Waals surface area contributed by atoms with E-state index in [1.54, 1.807) is 0 Å². The number of carbonyl (C=O) groups is 1. The summed E-state index contributed by atoms with van der Waals surface area (Å²) in [5.74, 6) is 0.235. The van der Waals surface area contributed by atoms with Gasteiger partial charge in [0.1, 0.15) is 0 Å². The number of hydrogen-bond donors (Lipinski definition) is 1. The van der Waals surface area contributed by atoms with E-state index in [1.807, 2.05) is 29.2 Å². The van der Waals surface area contributed by atoms with Crippen LogP contribution in [0.3, 0.4) is 0 Å². The molecule has 0 atom stereocenters. The van der Waals surface area contributed by atoms with Crippen molar-refractivity contribution in [2.24, 2.45) is 0 Å². The third-order valence-electron chi connectivity index (χ3n) is 6.24. The molecule has 3 aromatic rings. The Kier molecular flexibility index (Phi) is 9.35. The van der Waals surface area contributed by atoms with E-state index in [0.717, 1.165) is 48.5 Å². The molecule has 0 saturated carbocycles. The zero-order chi connectivity index (χ0) is 23.6. The Morgan fingerprint density at radius 3 is 2.18 bits per heavy atom. The van der Waals surface area contributed by atoms with Crippen LogP contribution in [0.25, 0.3) is 0 Å². The minimum atomic E-state index is -0.0462. The smallest absolute Gasteiger partial charge is 0.321 e. The number of urea groups is 1. The summed E-state index contributed by atoms with van der Waals surface area (Å²) < 4.78 is 6.59. The molecule has 5 nitrogen and oxygen atoms in total. The molecule has 1 aliphatic rings. The van der Waals surface area contributed by atoms with Crippen molar-refractivity contribution in [2.45, 2.75) is 12.3 Å². The first kappa shape index (κ1) is 24.7. The van der Waals surface area contributed by atoms with Gasteiger partial charge in [0.15, 0.2) is 0 Å². The summed E-state index contributed by atoms with van der Waals surface area (Å²) in [6.07, 6.45) is 0.858. The van der Waals surface area contributed by atoms with Gasteiger partial charge in [0.2, 0.25) is 0 Å². The van der Waals surface area contributed by atoms with E-state index in [2.05, 4.69) is 93.5 Å². The molecule has 1 saturated heterocycles. The molecular weight excluding hydrogens is 537 g/mol. The fourth-order valence-electron chi connectivity index (χ4n) is 4.35. The lowest BCUT2D eigenvalue weighted by Crippen LogP contribution is -2.44. The van der Waals surface area contributed by atoms with Crippen LogP contribution in [0.15, 0.2) is 84.9 Å². The van der Waals surface area contributed by atoms with Crippen LogP contribution in [-0.2, 0) is 4.74 Å². The molecule has 0 spiro atoms. The van der Waals surface area contributed by atoms with Crippen LogP contribution in [0, 0.1) is 3.57 Å².